The Hall–Kier alpha value is -1.26. The van der Waals surface area contributed by atoms with Gasteiger partial charge in [0.15, 0.2) is 0 Å². The summed E-state index contributed by atoms with van der Waals surface area (Å²) in [4.78, 5) is 11.6. The number of benzene rings is 1. The molecular weight excluding hydrogens is 242 g/mol. The summed E-state index contributed by atoms with van der Waals surface area (Å²) < 4.78 is 5.00. The van der Waals surface area contributed by atoms with Crippen LogP contribution in [-0.4, -0.2) is 23.3 Å². The molecule has 0 atom stereocenters. The third-order valence-electron chi connectivity index (χ3n) is 2.16. The summed E-state index contributed by atoms with van der Waals surface area (Å²) in [5.41, 5.74) is 5.42. The van der Waals surface area contributed by atoms with Gasteiger partial charge >= 0.3 is 5.97 Å². The molecule has 1 rings (SSSR count). The number of aliphatic hydroxyl groups is 1. The normalized spacial score (nSPS) is 11.3. The van der Waals surface area contributed by atoms with Gasteiger partial charge in [0.1, 0.15) is 0 Å². The molecular formula is C12H16ClNO3. The van der Waals surface area contributed by atoms with E-state index in [4.69, 9.17) is 22.1 Å². The quantitative estimate of drug-likeness (QED) is 0.641. The van der Waals surface area contributed by atoms with E-state index in [1.165, 1.54) is 12.1 Å². The third kappa shape index (κ3) is 4.63. The Bertz CT molecular complexity index is 413. The number of nitrogens with two attached hydrogens (primary N) is 1. The molecule has 0 saturated heterocycles. The molecule has 0 aliphatic carbocycles. The van der Waals surface area contributed by atoms with E-state index in [0.29, 0.717) is 12.1 Å². The van der Waals surface area contributed by atoms with Crippen LogP contribution in [0.1, 0.15) is 30.6 Å². The zero-order chi connectivity index (χ0) is 13.1. The smallest absolute Gasteiger partial charge is 0.339 e. The molecule has 17 heavy (non-hydrogen) atoms. The van der Waals surface area contributed by atoms with Gasteiger partial charge in [-0.05, 0) is 32.0 Å². The molecule has 0 heterocycles. The molecule has 0 unspecified atom stereocenters. The maximum absolute atomic E-state index is 11.6. The average Bonchev–Trinajstić information content (AvgIpc) is 2.15. The van der Waals surface area contributed by atoms with E-state index in [1.807, 2.05) is 0 Å². The van der Waals surface area contributed by atoms with Gasteiger partial charge in [0.05, 0.1) is 22.8 Å². The van der Waals surface area contributed by atoms with Gasteiger partial charge in [0, 0.05) is 12.1 Å². The minimum atomic E-state index is -0.856. The fraction of sp³-hybridized carbons (Fsp3) is 0.417. The Morgan fingerprint density at radius 2 is 2.18 bits per heavy atom. The van der Waals surface area contributed by atoms with Gasteiger partial charge in [0.25, 0.3) is 0 Å². The molecule has 1 aromatic rings. The van der Waals surface area contributed by atoms with Crippen LogP contribution in [0.2, 0.25) is 5.02 Å². The average molecular weight is 258 g/mol. The molecule has 4 nitrogen and oxygen atoms in total. The molecule has 0 spiro atoms. The number of hydrogen-bond acceptors (Lipinski definition) is 4. The lowest BCUT2D eigenvalue weighted by atomic mass is 10.1. The molecule has 5 heteroatoms. The lowest BCUT2D eigenvalue weighted by Crippen LogP contribution is -2.22. The molecule has 0 saturated carbocycles. The zero-order valence-corrected chi connectivity index (χ0v) is 10.6. The highest BCUT2D eigenvalue weighted by Crippen LogP contribution is 2.20. The summed E-state index contributed by atoms with van der Waals surface area (Å²) in [5.74, 6) is -0.515. The van der Waals surface area contributed by atoms with Crippen molar-refractivity contribution in [3.05, 3.63) is 28.8 Å². The molecule has 0 radical (unpaired) electrons. The Balaban J connectivity index is 2.59. The number of ether oxygens (including phenoxy) is 1. The Kier molecular flexibility index (Phi) is 4.37. The van der Waals surface area contributed by atoms with Crippen molar-refractivity contribution >= 4 is 23.3 Å². The van der Waals surface area contributed by atoms with Gasteiger partial charge in [-0.25, -0.2) is 4.79 Å². The molecule has 0 fully saturated rings. The van der Waals surface area contributed by atoms with Crippen molar-refractivity contribution in [2.24, 2.45) is 0 Å². The van der Waals surface area contributed by atoms with E-state index in [2.05, 4.69) is 0 Å². The zero-order valence-electron chi connectivity index (χ0n) is 9.87. The first-order chi connectivity index (χ1) is 7.79. The molecule has 3 N–H and O–H groups in total. The first kappa shape index (κ1) is 13.8. The Morgan fingerprint density at radius 3 is 2.71 bits per heavy atom. The second-order valence-corrected chi connectivity index (χ2v) is 4.84. The largest absolute Gasteiger partial charge is 0.462 e. The maximum Gasteiger partial charge on any atom is 0.339 e. The van der Waals surface area contributed by atoms with Crippen molar-refractivity contribution in [2.75, 3.05) is 12.3 Å². The van der Waals surface area contributed by atoms with E-state index in [9.17, 15) is 9.90 Å². The number of nitrogen functional groups attached to an aromatic ring is 1. The molecule has 94 valence electrons. The van der Waals surface area contributed by atoms with Crippen LogP contribution in [-0.2, 0) is 4.74 Å². The fourth-order valence-electron chi connectivity index (χ4n) is 1.17. The first-order valence-electron chi connectivity index (χ1n) is 5.24. The number of rotatable bonds is 4. The van der Waals surface area contributed by atoms with Crippen LogP contribution < -0.4 is 5.73 Å². The van der Waals surface area contributed by atoms with Crippen molar-refractivity contribution in [1.82, 2.24) is 0 Å². The Labute approximate surface area is 105 Å². The van der Waals surface area contributed by atoms with Crippen LogP contribution >= 0.6 is 11.6 Å². The van der Waals surface area contributed by atoms with Crippen molar-refractivity contribution in [3.63, 3.8) is 0 Å². The highest BCUT2D eigenvalue weighted by atomic mass is 35.5. The lowest BCUT2D eigenvalue weighted by Gasteiger charge is -2.16. The number of esters is 1. The lowest BCUT2D eigenvalue weighted by molar-refractivity contribution is 0.0244. The van der Waals surface area contributed by atoms with Crippen LogP contribution in [0.25, 0.3) is 0 Å². The van der Waals surface area contributed by atoms with Crippen molar-refractivity contribution < 1.29 is 14.6 Å². The van der Waals surface area contributed by atoms with Gasteiger partial charge < -0.3 is 15.6 Å². The highest BCUT2D eigenvalue weighted by Gasteiger charge is 2.16. The van der Waals surface area contributed by atoms with E-state index in [1.54, 1.807) is 19.9 Å². The monoisotopic (exact) mass is 257 g/mol. The van der Waals surface area contributed by atoms with Crippen LogP contribution in [0.15, 0.2) is 18.2 Å². The molecule has 0 bridgehead atoms. The minimum Gasteiger partial charge on any atom is -0.462 e. The number of hydrogen-bond donors (Lipinski definition) is 2. The van der Waals surface area contributed by atoms with Crippen LogP contribution in [0.5, 0.6) is 0 Å². The van der Waals surface area contributed by atoms with Gasteiger partial charge in [-0.3, -0.25) is 0 Å². The SMILES string of the molecule is CC(C)(O)CCOC(=O)c1ccc(N)cc1Cl. The summed E-state index contributed by atoms with van der Waals surface area (Å²) in [7, 11) is 0. The molecule has 0 aliphatic rings. The van der Waals surface area contributed by atoms with E-state index in [-0.39, 0.29) is 17.2 Å². The Morgan fingerprint density at radius 1 is 1.53 bits per heavy atom. The maximum atomic E-state index is 11.6. The summed E-state index contributed by atoms with van der Waals surface area (Å²) in [6.45, 7) is 3.44. The number of carbonyl (C=O) groups is 1. The van der Waals surface area contributed by atoms with Crippen LogP contribution in [0.4, 0.5) is 5.69 Å². The van der Waals surface area contributed by atoms with Gasteiger partial charge in [0.2, 0.25) is 0 Å². The third-order valence-corrected chi connectivity index (χ3v) is 2.47. The van der Waals surface area contributed by atoms with Crippen molar-refractivity contribution in [1.29, 1.82) is 0 Å². The van der Waals surface area contributed by atoms with Gasteiger partial charge in [-0.1, -0.05) is 11.6 Å². The predicted molar refractivity (Wildman–Crippen MR) is 67.1 cm³/mol. The summed E-state index contributed by atoms with van der Waals surface area (Å²) in [6, 6.07) is 4.59. The van der Waals surface area contributed by atoms with Crippen molar-refractivity contribution in [3.8, 4) is 0 Å². The predicted octanol–water partition coefficient (Wildman–Crippen LogP) is 2.24. The molecule has 0 aliphatic heterocycles. The number of halogens is 1. The highest BCUT2D eigenvalue weighted by molar-refractivity contribution is 6.33. The molecule has 0 amide bonds. The van der Waals surface area contributed by atoms with E-state index < -0.39 is 11.6 Å². The summed E-state index contributed by atoms with van der Waals surface area (Å²) in [5, 5.41) is 9.72. The van der Waals surface area contributed by atoms with Crippen LogP contribution in [0.3, 0.4) is 0 Å². The molecule has 0 aromatic heterocycles. The molecule has 1 aromatic carbocycles. The first-order valence-corrected chi connectivity index (χ1v) is 5.62. The minimum absolute atomic E-state index is 0.142. The topological polar surface area (TPSA) is 72.5 Å². The van der Waals surface area contributed by atoms with E-state index in [0.717, 1.165) is 0 Å². The van der Waals surface area contributed by atoms with Crippen LogP contribution in [0, 0.1) is 0 Å². The fourth-order valence-corrected chi connectivity index (χ4v) is 1.43. The van der Waals surface area contributed by atoms with Gasteiger partial charge in [-0.2, -0.15) is 0 Å². The summed E-state index contributed by atoms with van der Waals surface area (Å²) >= 11 is 5.86. The second kappa shape index (κ2) is 5.38. The standard InChI is InChI=1S/C12H16ClNO3/c1-12(2,16)5-6-17-11(15)9-4-3-8(14)7-10(9)13/h3-4,7,16H,5-6,14H2,1-2H3. The van der Waals surface area contributed by atoms with E-state index >= 15 is 0 Å². The van der Waals surface area contributed by atoms with Crippen molar-refractivity contribution in [2.45, 2.75) is 25.9 Å². The van der Waals surface area contributed by atoms with Gasteiger partial charge in [-0.15, -0.1) is 0 Å². The summed E-state index contributed by atoms with van der Waals surface area (Å²) in [6.07, 6.45) is 0.366. The number of carbonyl (C=O) groups excluding carboxylic acids is 1. The number of anilines is 1. The second-order valence-electron chi connectivity index (χ2n) is 4.44.